The maximum absolute atomic E-state index is 14.1. The molecule has 2 aliphatic rings. The summed E-state index contributed by atoms with van der Waals surface area (Å²) >= 11 is 0. The molecule has 13 N–H and O–H groups in total. The summed E-state index contributed by atoms with van der Waals surface area (Å²) in [6.07, 6.45) is 5.14. The first-order valence-corrected chi connectivity index (χ1v) is 36.5. The zero-order chi connectivity index (χ0) is 79.7. The van der Waals surface area contributed by atoms with Gasteiger partial charge in [0.05, 0.1) is 195 Å². The minimum absolute atomic E-state index is 0.000553. The third kappa shape index (κ3) is 30.7. The van der Waals surface area contributed by atoms with Crippen LogP contribution in [0.2, 0.25) is 0 Å². The Bertz CT molecular complexity index is 3870. The van der Waals surface area contributed by atoms with E-state index in [1.54, 1.807) is 28.2 Å². The van der Waals surface area contributed by atoms with E-state index >= 15 is 0 Å². The van der Waals surface area contributed by atoms with Gasteiger partial charge in [0, 0.05) is 94.4 Å². The number of anilines is 2. The Labute approximate surface area is 641 Å². The fourth-order valence-corrected chi connectivity index (χ4v) is 11.1. The molecule has 39 nitrogen and oxygen atoms in total. The Kier molecular flexibility index (Phi) is 39.4. The zero-order valence-electron chi connectivity index (χ0n) is 63.1. The highest BCUT2D eigenvalue weighted by atomic mass is 16.6. The molecule has 2 atom stereocenters. The number of hydrogen-bond acceptors (Lipinski definition) is 30. The van der Waals surface area contributed by atoms with Crippen molar-refractivity contribution >= 4 is 81.0 Å². The van der Waals surface area contributed by atoms with Crippen molar-refractivity contribution in [2.75, 3.05) is 229 Å². The molecule has 3 aromatic heterocycles. The average Bonchev–Trinajstić information content (AvgIpc) is 1.63. The molecule has 39 heteroatoms. The summed E-state index contributed by atoms with van der Waals surface area (Å²) in [6.45, 7) is 14.7. The number of rotatable bonds is 59. The number of nitrogens with zero attached hydrogens (tertiary/aromatic N) is 9. The molecule has 1 saturated heterocycles. The molecule has 1 fully saturated rings. The summed E-state index contributed by atoms with van der Waals surface area (Å²) in [4.78, 5) is 103. The second-order valence-electron chi connectivity index (χ2n) is 25.2. The Balaban J connectivity index is 0.766. The highest BCUT2D eigenvalue weighted by Gasteiger charge is 2.28. The maximum Gasteiger partial charge on any atom is 0.276 e. The Morgan fingerprint density at radius 2 is 1.04 bits per heavy atom. The highest BCUT2D eigenvalue weighted by molar-refractivity contribution is 6.14. The first-order valence-electron chi connectivity index (χ1n) is 36.5. The van der Waals surface area contributed by atoms with Gasteiger partial charge >= 0.3 is 0 Å². The molecule has 7 amide bonds. The number of imidazole rings is 2. The Hall–Kier alpha value is -9.27. The summed E-state index contributed by atoms with van der Waals surface area (Å²) in [5.74, 6) is -3.93. The molecule has 2 aromatic carbocycles. The predicted molar refractivity (Wildman–Crippen MR) is 401 cm³/mol. The van der Waals surface area contributed by atoms with Crippen molar-refractivity contribution in [1.29, 1.82) is 5.41 Å². The third-order valence-corrected chi connectivity index (χ3v) is 16.7. The molecule has 111 heavy (non-hydrogen) atoms. The number of imide groups is 1. The third-order valence-electron chi connectivity index (χ3n) is 16.7. The quantitative estimate of drug-likeness (QED) is 0.00683. The number of aromatic nitrogens is 6. The molecule has 0 bridgehead atoms. The SMILES string of the molecule is COc1cc(C(N)=O)cc2nc(NC(=O)c3cc(C)nn3CC(O)CO)n(C/C=C/Cn3c(NC(=O)/C(=C/C(C)=N)NCC(O)CO)nc4cc(C(N)=O)cc(OCCCN5CCN(CCOCCOCCOCCOCCOCCOCCOCCOCCOCCOCCNC(=O)CN6C(=O)C=CC6=O)CC5)c43)c12. The summed E-state index contributed by atoms with van der Waals surface area (Å²) in [6, 6.07) is 7.39. The number of carbonyl (C=O) groups is 7. The van der Waals surface area contributed by atoms with Crippen LogP contribution in [0.5, 0.6) is 11.5 Å². The Morgan fingerprint density at radius 1 is 0.586 bits per heavy atom. The maximum atomic E-state index is 14.1. The van der Waals surface area contributed by atoms with Crippen LogP contribution in [0.15, 0.2) is 66.4 Å². The van der Waals surface area contributed by atoms with Crippen LogP contribution in [-0.2, 0) is 86.2 Å². The van der Waals surface area contributed by atoms with Gasteiger partial charge in [0.2, 0.25) is 29.6 Å². The number of aryl methyl sites for hydroxylation is 1. The van der Waals surface area contributed by atoms with Crippen molar-refractivity contribution in [2.24, 2.45) is 11.5 Å². The van der Waals surface area contributed by atoms with Crippen molar-refractivity contribution in [2.45, 2.75) is 52.1 Å². The lowest BCUT2D eigenvalue weighted by atomic mass is 10.1. The number of methoxy groups -OCH3 is 1. The summed E-state index contributed by atoms with van der Waals surface area (Å²) in [5, 5.41) is 62.9. The van der Waals surface area contributed by atoms with E-state index in [-0.39, 0.29) is 115 Å². The topological polar surface area (TPSA) is 498 Å². The molecule has 0 spiro atoms. The number of benzene rings is 2. The van der Waals surface area contributed by atoms with Gasteiger partial charge in [-0.25, -0.2) is 9.97 Å². The second kappa shape index (κ2) is 49.2. The molecule has 0 radical (unpaired) electrons. The molecule has 5 aromatic rings. The van der Waals surface area contributed by atoms with Gasteiger partial charge in [-0.15, -0.1) is 0 Å². The average molecular weight is 1560 g/mol. The molecule has 7 rings (SSSR count). The van der Waals surface area contributed by atoms with E-state index in [9.17, 15) is 54.0 Å². The summed E-state index contributed by atoms with van der Waals surface area (Å²) in [5.41, 5.74) is 13.4. The fourth-order valence-electron chi connectivity index (χ4n) is 11.1. The van der Waals surface area contributed by atoms with Crippen LogP contribution in [0.3, 0.4) is 0 Å². The molecule has 612 valence electrons. The number of primary amides is 2. The molecule has 0 aliphatic carbocycles. The van der Waals surface area contributed by atoms with Crippen molar-refractivity contribution in [3.05, 3.63) is 88.9 Å². The lowest BCUT2D eigenvalue weighted by Crippen LogP contribution is -2.47. The number of ether oxygens (including phenoxy) is 12. The van der Waals surface area contributed by atoms with Crippen molar-refractivity contribution in [1.82, 2.24) is 54.2 Å². The monoisotopic (exact) mass is 1560 g/mol. The smallest absolute Gasteiger partial charge is 0.276 e. The standard InChI is InChI=1S/C72H106N16O23/c1-50(73)39-58(77-45-54(91)48-89)69(98)80-71-79-57-42-53(68(75)97)44-61(66(57)86(71)12-5-4-11-85-65-56(41-52(67(74)96)43-60(65)100-3)78-72(85)81-70(99)59-40-51(2)82-88(59)46-55(92)49-90)111-18-6-10-83-13-15-84(16-14-83)17-20-102-22-24-104-26-28-106-30-32-108-34-36-110-38-37-109-35-33-107-31-29-105-27-25-103-23-21-101-19-9-76-62(93)47-87-63(94)7-8-64(87)95/h4-5,7-8,39-44,54-55,73,77,89-92H,6,9-38,45-49H2,1-3H3,(H2,74,96)(H2,75,97)(H,76,93)(H,78,81,99)(H,79,80,98)/b5-4+,58-39-,73-50?. The summed E-state index contributed by atoms with van der Waals surface area (Å²) < 4.78 is 72.4. The highest BCUT2D eigenvalue weighted by Crippen LogP contribution is 2.33. The van der Waals surface area contributed by atoms with Crippen molar-refractivity contribution < 1.29 is 111 Å². The lowest BCUT2D eigenvalue weighted by Gasteiger charge is -2.34. The molecular weight excluding hydrogens is 1460 g/mol. The van der Waals surface area contributed by atoms with Crippen LogP contribution in [-0.4, -0.2) is 341 Å². The van der Waals surface area contributed by atoms with Crippen LogP contribution in [0.25, 0.3) is 22.1 Å². The number of hydrogen-bond donors (Lipinski definition) is 11. The van der Waals surface area contributed by atoms with Crippen molar-refractivity contribution in [3.8, 4) is 11.5 Å². The minimum atomic E-state index is -1.23. The second-order valence-corrected chi connectivity index (χ2v) is 25.2. The van der Waals surface area contributed by atoms with Gasteiger partial charge in [-0.05, 0) is 56.7 Å². The van der Waals surface area contributed by atoms with Crippen LogP contribution >= 0.6 is 0 Å². The van der Waals surface area contributed by atoms with Gasteiger partial charge in [0.15, 0.2) is 0 Å². The van der Waals surface area contributed by atoms with Crippen LogP contribution in [0.1, 0.15) is 50.2 Å². The van der Waals surface area contributed by atoms with Gasteiger partial charge in [-0.3, -0.25) is 58.7 Å². The van der Waals surface area contributed by atoms with E-state index in [0.717, 1.165) is 49.8 Å². The number of aliphatic hydroxyl groups excluding tert-OH is 4. The van der Waals surface area contributed by atoms with Gasteiger partial charge in [-0.2, -0.15) is 5.10 Å². The van der Waals surface area contributed by atoms with E-state index in [1.807, 2.05) is 0 Å². The number of piperazine rings is 1. The first kappa shape index (κ1) is 88.9. The van der Waals surface area contributed by atoms with Crippen LogP contribution < -0.4 is 42.2 Å². The van der Waals surface area contributed by atoms with E-state index in [2.05, 4.69) is 41.1 Å². The van der Waals surface area contributed by atoms with E-state index in [1.165, 1.54) is 55.1 Å². The molecular formula is C72H106N16O23. The lowest BCUT2D eigenvalue weighted by molar-refractivity contribution is -0.141. The number of allylic oxidation sites excluding steroid dienone is 3. The predicted octanol–water partition coefficient (Wildman–Crippen LogP) is -1.64. The van der Waals surface area contributed by atoms with Crippen molar-refractivity contribution in [3.63, 3.8) is 0 Å². The number of carbonyl (C=O) groups excluding carboxylic acids is 7. The number of amides is 7. The van der Waals surface area contributed by atoms with E-state index < -0.39 is 66.8 Å². The number of aliphatic hydroxyl groups is 4. The van der Waals surface area contributed by atoms with Crippen LogP contribution in [0.4, 0.5) is 11.9 Å². The minimum Gasteiger partial charge on any atom is -0.494 e. The van der Waals surface area contributed by atoms with Crippen LogP contribution in [0, 0.1) is 12.3 Å². The van der Waals surface area contributed by atoms with Gasteiger partial charge in [0.1, 0.15) is 40.5 Å². The zero-order valence-corrected chi connectivity index (χ0v) is 63.1. The van der Waals surface area contributed by atoms with E-state index in [0.29, 0.717) is 155 Å². The van der Waals surface area contributed by atoms with E-state index in [4.69, 9.17) is 78.7 Å². The number of nitrogens with two attached hydrogens (primary N) is 2. The van der Waals surface area contributed by atoms with Gasteiger partial charge in [0.25, 0.3) is 23.6 Å². The first-order chi connectivity index (χ1) is 53.8. The van der Waals surface area contributed by atoms with Gasteiger partial charge in [-0.1, -0.05) is 12.2 Å². The Morgan fingerprint density at radius 3 is 1.50 bits per heavy atom. The van der Waals surface area contributed by atoms with Gasteiger partial charge < -0.3 is 119 Å². The molecule has 5 heterocycles. The largest absolute Gasteiger partial charge is 0.494 e. The molecule has 0 saturated carbocycles. The number of fused-ring (bicyclic) bond motifs is 2. The normalized spacial score (nSPS) is 14.2. The molecule has 2 unspecified atom stereocenters. The number of nitrogens with one attached hydrogen (secondary N) is 5. The molecule has 2 aliphatic heterocycles. The summed E-state index contributed by atoms with van der Waals surface area (Å²) in [7, 11) is 1.40. The fraction of sp³-hybridized carbons (Fsp3) is 0.569.